The molecule has 0 saturated heterocycles. The number of nitrogens with one attached hydrogen (secondary N) is 1. The number of hydrogen-bond donors (Lipinski definition) is 1. The standard InChI is InChI=1S/C3H8N4/c1-5-2-3-6-7-4/h5H,2-3H2,1H3. The molecule has 0 aromatic carbocycles. The van der Waals surface area contributed by atoms with Crippen molar-refractivity contribution in [3.05, 3.63) is 10.4 Å². The molecule has 7 heavy (non-hydrogen) atoms. The van der Waals surface area contributed by atoms with E-state index in [2.05, 4.69) is 15.3 Å². The highest BCUT2D eigenvalue weighted by atomic mass is 15.1. The number of rotatable bonds is 3. The average molecular weight is 100 g/mol. The van der Waals surface area contributed by atoms with Gasteiger partial charge in [-0.3, -0.25) is 0 Å². The summed E-state index contributed by atoms with van der Waals surface area (Å²) in [5.74, 6) is 0. The molecule has 0 aromatic rings. The summed E-state index contributed by atoms with van der Waals surface area (Å²) >= 11 is 0. The predicted octanol–water partition coefficient (Wildman–Crippen LogP) is 0.516. The Morgan fingerprint density at radius 2 is 2.57 bits per heavy atom. The molecule has 0 radical (unpaired) electrons. The first-order valence-electron chi connectivity index (χ1n) is 2.07. The maximum Gasteiger partial charge on any atom is 0.0383 e. The van der Waals surface area contributed by atoms with Gasteiger partial charge in [0.15, 0.2) is 0 Å². The lowest BCUT2D eigenvalue weighted by Crippen LogP contribution is -2.09. The van der Waals surface area contributed by atoms with Crippen LogP contribution in [0.5, 0.6) is 0 Å². The topological polar surface area (TPSA) is 60.8 Å². The number of azide groups is 1. The van der Waals surface area contributed by atoms with Crippen LogP contribution in [0.3, 0.4) is 0 Å². The van der Waals surface area contributed by atoms with Crippen LogP contribution in [0, 0.1) is 0 Å². The zero-order chi connectivity index (χ0) is 5.54. The van der Waals surface area contributed by atoms with E-state index in [9.17, 15) is 0 Å². The lowest BCUT2D eigenvalue weighted by atomic mass is 10.7. The van der Waals surface area contributed by atoms with Crippen molar-refractivity contribution < 1.29 is 0 Å². The molecule has 0 aliphatic rings. The van der Waals surface area contributed by atoms with Crippen LogP contribution >= 0.6 is 0 Å². The Morgan fingerprint density at radius 1 is 1.86 bits per heavy atom. The predicted molar refractivity (Wildman–Crippen MR) is 27.9 cm³/mol. The molecule has 0 aliphatic carbocycles. The summed E-state index contributed by atoms with van der Waals surface area (Å²) in [5, 5.41) is 6.12. The minimum atomic E-state index is 0.535. The fraction of sp³-hybridized carbons (Fsp3) is 1.00. The van der Waals surface area contributed by atoms with Crippen LogP contribution in [0.1, 0.15) is 0 Å². The summed E-state index contributed by atoms with van der Waals surface area (Å²) in [6, 6.07) is 0. The molecule has 0 saturated carbocycles. The van der Waals surface area contributed by atoms with Crippen molar-refractivity contribution in [2.24, 2.45) is 5.11 Å². The summed E-state index contributed by atoms with van der Waals surface area (Å²) in [6.07, 6.45) is 0. The first kappa shape index (κ1) is 6.27. The largest absolute Gasteiger partial charge is 0.320 e. The van der Waals surface area contributed by atoms with E-state index in [1.807, 2.05) is 7.05 Å². The molecule has 4 heteroatoms. The maximum atomic E-state index is 7.72. The average Bonchev–Trinajstić information content (AvgIpc) is 1.69. The van der Waals surface area contributed by atoms with Gasteiger partial charge in [-0.05, 0) is 12.6 Å². The van der Waals surface area contributed by atoms with Crippen LogP contribution in [-0.2, 0) is 0 Å². The highest BCUT2D eigenvalue weighted by Crippen LogP contribution is 1.64. The van der Waals surface area contributed by atoms with Crippen molar-refractivity contribution in [1.29, 1.82) is 0 Å². The molecule has 0 heterocycles. The van der Waals surface area contributed by atoms with Gasteiger partial charge in [0, 0.05) is 18.0 Å². The molecule has 0 rings (SSSR count). The summed E-state index contributed by atoms with van der Waals surface area (Å²) < 4.78 is 0. The highest BCUT2D eigenvalue weighted by Gasteiger charge is 1.71. The normalized spacial score (nSPS) is 7.57. The van der Waals surface area contributed by atoms with Crippen molar-refractivity contribution in [3.63, 3.8) is 0 Å². The summed E-state index contributed by atoms with van der Waals surface area (Å²) in [5.41, 5.74) is 7.72. The Morgan fingerprint density at radius 3 is 3.00 bits per heavy atom. The molecule has 40 valence electrons. The smallest absolute Gasteiger partial charge is 0.0383 e. The maximum absolute atomic E-state index is 7.72. The monoisotopic (exact) mass is 100 g/mol. The van der Waals surface area contributed by atoms with E-state index in [1.54, 1.807) is 0 Å². The minimum Gasteiger partial charge on any atom is -0.320 e. The molecule has 0 bridgehead atoms. The molecule has 0 unspecified atom stereocenters. The Labute approximate surface area is 42.2 Å². The van der Waals surface area contributed by atoms with Crippen LogP contribution in [-0.4, -0.2) is 20.1 Å². The minimum absolute atomic E-state index is 0.535. The van der Waals surface area contributed by atoms with Gasteiger partial charge in [0.05, 0.1) is 0 Å². The highest BCUT2D eigenvalue weighted by molar-refractivity contribution is 4.46. The van der Waals surface area contributed by atoms with E-state index in [1.165, 1.54) is 0 Å². The molecule has 0 spiro atoms. The first-order valence-corrected chi connectivity index (χ1v) is 2.07. The second-order valence-corrected chi connectivity index (χ2v) is 1.06. The fourth-order valence-electron chi connectivity index (χ4n) is 0.207. The third-order valence-corrected chi connectivity index (χ3v) is 0.525. The van der Waals surface area contributed by atoms with Crippen molar-refractivity contribution in [2.75, 3.05) is 20.1 Å². The number of nitrogens with zero attached hydrogens (tertiary/aromatic N) is 3. The van der Waals surface area contributed by atoms with Gasteiger partial charge in [-0.15, -0.1) is 0 Å². The van der Waals surface area contributed by atoms with E-state index in [0.29, 0.717) is 6.54 Å². The Kier molecular flexibility index (Phi) is 4.72. The summed E-state index contributed by atoms with van der Waals surface area (Å²) in [4.78, 5) is 2.56. The van der Waals surface area contributed by atoms with Crippen molar-refractivity contribution >= 4 is 0 Å². The van der Waals surface area contributed by atoms with Gasteiger partial charge in [-0.1, -0.05) is 5.11 Å². The molecular weight excluding hydrogens is 92.1 g/mol. The van der Waals surface area contributed by atoms with Gasteiger partial charge in [0.2, 0.25) is 0 Å². The van der Waals surface area contributed by atoms with Gasteiger partial charge in [-0.2, -0.15) is 0 Å². The van der Waals surface area contributed by atoms with Crippen LogP contribution in [0.15, 0.2) is 5.11 Å². The summed E-state index contributed by atoms with van der Waals surface area (Å²) in [7, 11) is 1.81. The molecule has 4 nitrogen and oxygen atoms in total. The summed E-state index contributed by atoms with van der Waals surface area (Å²) in [6.45, 7) is 1.29. The van der Waals surface area contributed by atoms with E-state index >= 15 is 0 Å². The van der Waals surface area contributed by atoms with Crippen LogP contribution in [0.25, 0.3) is 10.4 Å². The quantitative estimate of drug-likeness (QED) is 0.239. The third kappa shape index (κ3) is 5.27. The second kappa shape index (κ2) is 5.27. The van der Waals surface area contributed by atoms with Gasteiger partial charge in [-0.25, -0.2) is 0 Å². The molecule has 0 amide bonds. The lowest BCUT2D eigenvalue weighted by Gasteiger charge is -1.85. The number of likely N-dealkylation sites (N-methyl/N-ethyl adjacent to an activating group) is 1. The van der Waals surface area contributed by atoms with Crippen molar-refractivity contribution in [2.45, 2.75) is 0 Å². The second-order valence-electron chi connectivity index (χ2n) is 1.06. The number of hydrogen-bond acceptors (Lipinski definition) is 2. The zero-order valence-corrected chi connectivity index (χ0v) is 4.26. The van der Waals surface area contributed by atoms with E-state index in [4.69, 9.17) is 5.53 Å². The van der Waals surface area contributed by atoms with Crippen LogP contribution in [0.4, 0.5) is 0 Å². The molecule has 0 aromatic heterocycles. The third-order valence-electron chi connectivity index (χ3n) is 0.525. The van der Waals surface area contributed by atoms with Crippen LogP contribution < -0.4 is 5.32 Å². The van der Waals surface area contributed by atoms with Gasteiger partial charge in [0.1, 0.15) is 0 Å². The molecule has 0 fully saturated rings. The Balaban J connectivity index is 2.83. The van der Waals surface area contributed by atoms with Gasteiger partial charge >= 0.3 is 0 Å². The Bertz CT molecular complexity index is 73.0. The lowest BCUT2D eigenvalue weighted by molar-refractivity contribution is 0.798. The van der Waals surface area contributed by atoms with Gasteiger partial charge < -0.3 is 5.32 Å². The molecule has 1 N–H and O–H groups in total. The van der Waals surface area contributed by atoms with E-state index < -0.39 is 0 Å². The zero-order valence-electron chi connectivity index (χ0n) is 4.26. The van der Waals surface area contributed by atoms with E-state index in [-0.39, 0.29) is 0 Å². The fourth-order valence-corrected chi connectivity index (χ4v) is 0.207. The molecule has 0 aliphatic heterocycles. The van der Waals surface area contributed by atoms with Crippen molar-refractivity contribution in [1.82, 2.24) is 5.32 Å². The van der Waals surface area contributed by atoms with E-state index in [0.717, 1.165) is 6.54 Å². The molecular formula is C3H8N4. The van der Waals surface area contributed by atoms with Crippen LogP contribution in [0.2, 0.25) is 0 Å². The molecule has 0 atom stereocenters. The van der Waals surface area contributed by atoms with Crippen molar-refractivity contribution in [3.8, 4) is 0 Å². The SMILES string of the molecule is CNCCN=[N+]=[N-]. The van der Waals surface area contributed by atoms with Gasteiger partial charge in [0.25, 0.3) is 0 Å². The Hall–Kier alpha value is -0.730. The first-order chi connectivity index (χ1) is 3.41.